The Morgan fingerprint density at radius 2 is 1.41 bits per heavy atom. The first kappa shape index (κ1) is 30.9. The van der Waals surface area contributed by atoms with Crippen molar-refractivity contribution in [3.05, 3.63) is 129 Å². The van der Waals surface area contributed by atoms with Crippen molar-refractivity contribution in [3.63, 3.8) is 0 Å². The van der Waals surface area contributed by atoms with Crippen LogP contribution in [0.25, 0.3) is 10.9 Å². The fourth-order valence-electron chi connectivity index (χ4n) is 6.59. The van der Waals surface area contributed by atoms with E-state index in [0.29, 0.717) is 28.9 Å². The van der Waals surface area contributed by atoms with Crippen molar-refractivity contribution >= 4 is 50.0 Å². The number of rotatable bonds is 8. The molecule has 2 heterocycles. The van der Waals surface area contributed by atoms with Crippen LogP contribution in [-0.2, 0) is 10.0 Å². The van der Waals surface area contributed by atoms with Gasteiger partial charge in [-0.25, -0.2) is 12.8 Å². The van der Waals surface area contributed by atoms with Crippen molar-refractivity contribution in [3.8, 4) is 0 Å². The second-order valence-electron chi connectivity index (χ2n) is 12.1. The van der Waals surface area contributed by atoms with Crippen molar-refractivity contribution in [2.45, 2.75) is 48.5 Å². The number of hydrogen-bond acceptors (Lipinski definition) is 4. The van der Waals surface area contributed by atoms with E-state index in [0.717, 1.165) is 58.3 Å². The van der Waals surface area contributed by atoms with Gasteiger partial charge < -0.3 is 5.73 Å². The van der Waals surface area contributed by atoms with E-state index in [1.807, 2.05) is 48.5 Å². The number of nitrogens with zero attached hydrogens (tertiary/aromatic N) is 3. The molecule has 2 N–H and O–H groups in total. The van der Waals surface area contributed by atoms with Crippen molar-refractivity contribution in [2.24, 2.45) is 5.73 Å². The summed E-state index contributed by atoms with van der Waals surface area (Å²) in [5, 5.41) is 7.45. The lowest BCUT2D eigenvalue weighted by Crippen LogP contribution is -2.38. The van der Waals surface area contributed by atoms with Gasteiger partial charge in [0.1, 0.15) is 5.82 Å². The number of piperidine rings is 1. The Morgan fingerprint density at radius 3 is 1.96 bits per heavy atom. The number of fused-ring (bicyclic) bond motifs is 1. The van der Waals surface area contributed by atoms with Gasteiger partial charge in [-0.05, 0) is 97.0 Å². The highest BCUT2D eigenvalue weighted by molar-refractivity contribution is 7.89. The molecule has 1 amide bonds. The number of nitrogens with two attached hydrogens (primary N) is 1. The predicted molar refractivity (Wildman–Crippen MR) is 178 cm³/mol. The molecular weight excluding hydrogens is 646 g/mol. The van der Waals surface area contributed by atoms with Gasteiger partial charge in [0.2, 0.25) is 10.0 Å². The van der Waals surface area contributed by atoms with E-state index in [1.54, 1.807) is 0 Å². The number of carbonyl (C=O) groups excluding carboxylic acids is 1. The molecule has 11 heteroatoms. The van der Waals surface area contributed by atoms with E-state index in [1.165, 1.54) is 10.4 Å². The third kappa shape index (κ3) is 5.81. The van der Waals surface area contributed by atoms with E-state index in [4.69, 9.17) is 34.0 Å². The fourth-order valence-corrected chi connectivity index (χ4v) is 8.32. The third-order valence-electron chi connectivity index (χ3n) is 9.08. The van der Waals surface area contributed by atoms with Gasteiger partial charge in [-0.15, -0.1) is 0 Å². The van der Waals surface area contributed by atoms with Crippen LogP contribution < -0.4 is 5.73 Å². The van der Waals surface area contributed by atoms with Crippen LogP contribution in [0.5, 0.6) is 0 Å². The van der Waals surface area contributed by atoms with Crippen LogP contribution in [0.15, 0.2) is 89.8 Å². The molecule has 236 valence electrons. The Hall–Kier alpha value is -3.76. The molecule has 0 radical (unpaired) electrons. The van der Waals surface area contributed by atoms with Crippen LogP contribution >= 0.6 is 23.2 Å². The number of benzene rings is 4. The zero-order valence-corrected chi connectivity index (χ0v) is 27.1. The summed E-state index contributed by atoms with van der Waals surface area (Å²) >= 11 is 12.5. The molecule has 46 heavy (non-hydrogen) atoms. The van der Waals surface area contributed by atoms with E-state index < -0.39 is 21.7 Å². The fraction of sp³-hybridized carbons (Fsp3) is 0.257. The van der Waals surface area contributed by atoms with E-state index in [-0.39, 0.29) is 35.4 Å². The molecule has 2 aliphatic rings. The average molecular weight is 678 g/mol. The minimum absolute atomic E-state index is 0.0654. The zero-order valence-electron chi connectivity index (χ0n) is 24.7. The molecule has 1 saturated carbocycles. The summed E-state index contributed by atoms with van der Waals surface area (Å²) in [6.07, 6.45) is 3.31. The largest absolute Gasteiger partial charge is 0.366 e. The van der Waals surface area contributed by atoms with E-state index in [9.17, 15) is 17.6 Å². The standard InChI is InChI=1S/C35H31Cl2FN4O3S/c36-25-6-1-21(2-7-25)33(22-3-8-26(37)9-4-22)24-5-14-32-30(19-24)34(42(40-32)27-10-11-27)23-15-17-41(18-16-23)46(44,45)28-12-13-29(35(39)43)31(38)20-28/h1-9,12-14,19-20,23,27,33H,10-11,15-18H2,(H2,39,43). The maximum Gasteiger partial charge on any atom is 0.251 e. The summed E-state index contributed by atoms with van der Waals surface area (Å²) in [7, 11) is -3.96. The molecule has 1 saturated heterocycles. The summed E-state index contributed by atoms with van der Waals surface area (Å²) in [6.45, 7) is 0.558. The lowest BCUT2D eigenvalue weighted by Gasteiger charge is -2.32. The third-order valence-corrected chi connectivity index (χ3v) is 11.5. The second kappa shape index (κ2) is 12.1. The van der Waals surface area contributed by atoms with Gasteiger partial charge in [0, 0.05) is 46.1 Å². The highest BCUT2D eigenvalue weighted by Gasteiger charge is 2.36. The molecule has 0 unspecified atom stereocenters. The van der Waals surface area contributed by atoms with Crippen LogP contribution in [-0.4, -0.2) is 41.5 Å². The Labute approximate surface area is 276 Å². The molecule has 1 aliphatic heterocycles. The van der Waals surface area contributed by atoms with Gasteiger partial charge in [0.25, 0.3) is 5.91 Å². The van der Waals surface area contributed by atoms with Gasteiger partial charge in [-0.3, -0.25) is 9.48 Å². The average Bonchev–Trinajstić information content (AvgIpc) is 3.83. The van der Waals surface area contributed by atoms with Gasteiger partial charge >= 0.3 is 0 Å². The summed E-state index contributed by atoms with van der Waals surface area (Å²) in [5.41, 5.74) is 10.2. The summed E-state index contributed by atoms with van der Waals surface area (Å²) in [5.74, 6) is -1.87. The molecule has 1 aromatic heterocycles. The molecule has 5 aromatic rings. The molecule has 7 rings (SSSR count). The quantitative estimate of drug-likeness (QED) is 0.171. The van der Waals surface area contributed by atoms with Crippen molar-refractivity contribution < 1.29 is 17.6 Å². The summed E-state index contributed by atoms with van der Waals surface area (Å²) in [4.78, 5) is 11.2. The van der Waals surface area contributed by atoms with E-state index in [2.05, 4.69) is 22.9 Å². The van der Waals surface area contributed by atoms with E-state index >= 15 is 0 Å². The van der Waals surface area contributed by atoms with Gasteiger partial charge in [-0.2, -0.15) is 9.40 Å². The molecule has 0 bridgehead atoms. The van der Waals surface area contributed by atoms with Crippen molar-refractivity contribution in [2.75, 3.05) is 13.1 Å². The number of halogens is 3. The predicted octanol–water partition coefficient (Wildman–Crippen LogP) is 7.66. The van der Waals surface area contributed by atoms with Gasteiger partial charge in [-0.1, -0.05) is 53.5 Å². The first-order chi connectivity index (χ1) is 22.1. The van der Waals surface area contributed by atoms with Crippen LogP contribution in [0, 0.1) is 5.82 Å². The highest BCUT2D eigenvalue weighted by Crippen LogP contribution is 2.44. The van der Waals surface area contributed by atoms with Gasteiger partial charge in [0.05, 0.1) is 22.0 Å². The Kier molecular flexibility index (Phi) is 8.13. The van der Waals surface area contributed by atoms with Gasteiger partial charge in [0.15, 0.2) is 0 Å². The SMILES string of the molecule is NC(=O)c1ccc(S(=O)(=O)N2CCC(c3c4cc(C(c5ccc(Cl)cc5)c5ccc(Cl)cc5)ccc4nn3C3CC3)CC2)cc1F. The van der Waals surface area contributed by atoms with Crippen LogP contribution in [0.2, 0.25) is 10.0 Å². The maximum absolute atomic E-state index is 14.5. The Balaban J connectivity index is 1.22. The molecule has 0 atom stereocenters. The normalized spacial score (nSPS) is 16.3. The lowest BCUT2D eigenvalue weighted by molar-refractivity contribution is 0.0996. The van der Waals surface area contributed by atoms with Crippen LogP contribution in [0.3, 0.4) is 0 Å². The Morgan fingerprint density at radius 1 is 0.826 bits per heavy atom. The van der Waals surface area contributed by atoms with Crippen molar-refractivity contribution in [1.29, 1.82) is 0 Å². The summed E-state index contributed by atoms with van der Waals surface area (Å²) < 4.78 is 44.9. The smallest absolute Gasteiger partial charge is 0.251 e. The number of hydrogen-bond donors (Lipinski definition) is 1. The highest BCUT2D eigenvalue weighted by atomic mass is 35.5. The number of primary amides is 1. The number of amides is 1. The molecule has 0 spiro atoms. The first-order valence-corrected chi connectivity index (χ1v) is 17.4. The maximum atomic E-state index is 14.5. The second-order valence-corrected chi connectivity index (χ2v) is 14.9. The molecular formula is C35H31Cl2FN4O3S. The minimum atomic E-state index is -3.96. The van der Waals surface area contributed by atoms with Crippen LogP contribution in [0.1, 0.15) is 76.3 Å². The molecule has 4 aromatic carbocycles. The first-order valence-electron chi connectivity index (χ1n) is 15.2. The zero-order chi connectivity index (χ0) is 32.2. The molecule has 7 nitrogen and oxygen atoms in total. The molecule has 1 aliphatic carbocycles. The molecule has 2 fully saturated rings. The number of sulfonamides is 1. The monoisotopic (exact) mass is 676 g/mol. The van der Waals surface area contributed by atoms with Crippen molar-refractivity contribution in [1.82, 2.24) is 14.1 Å². The lowest BCUT2D eigenvalue weighted by atomic mass is 9.84. The van der Waals surface area contributed by atoms with Crippen LogP contribution in [0.4, 0.5) is 4.39 Å². The topological polar surface area (TPSA) is 98.3 Å². The Bertz CT molecular complexity index is 2010. The number of aromatic nitrogens is 2. The number of carbonyl (C=O) groups is 1. The summed E-state index contributed by atoms with van der Waals surface area (Å²) in [6, 6.07) is 25.8. The minimum Gasteiger partial charge on any atom is -0.366 e.